The molecule has 0 nitrogen and oxygen atoms in total. The molecule has 92 valence electrons. The molecule has 3 rings (SSSR count). The molecule has 0 heterocycles. The van der Waals surface area contributed by atoms with Gasteiger partial charge < -0.3 is 0 Å². The molecule has 0 aliphatic heterocycles. The third-order valence-electron chi connectivity index (χ3n) is 4.84. The zero-order valence-electron chi connectivity index (χ0n) is 11.6. The van der Waals surface area contributed by atoms with Crippen LogP contribution in [0.3, 0.4) is 0 Å². The number of fused-ring (bicyclic) bond motifs is 2. The van der Waals surface area contributed by atoms with Crippen LogP contribution in [0.5, 0.6) is 0 Å². The van der Waals surface area contributed by atoms with Gasteiger partial charge in [0.2, 0.25) is 0 Å². The average Bonchev–Trinajstić information content (AvgIpc) is 2.41. The van der Waals surface area contributed by atoms with Crippen LogP contribution in [0, 0.1) is 5.92 Å². The van der Waals surface area contributed by atoms with Crippen molar-refractivity contribution < 1.29 is 0 Å². The summed E-state index contributed by atoms with van der Waals surface area (Å²) in [5.41, 5.74) is 5.99. The minimum absolute atomic E-state index is 0.619. The van der Waals surface area contributed by atoms with Gasteiger partial charge in [-0.2, -0.15) is 0 Å². The van der Waals surface area contributed by atoms with Gasteiger partial charge in [0.1, 0.15) is 0 Å². The SMILES string of the molecule is CC1=C(C)C(C)C(C)c2cc3ccccc3cc21. The molecule has 0 saturated carbocycles. The molecule has 0 fully saturated rings. The van der Waals surface area contributed by atoms with Crippen LogP contribution in [0.15, 0.2) is 42.0 Å². The number of allylic oxidation sites excluding steroid dienone is 2. The Bertz CT molecular complexity index is 646. The Balaban J connectivity index is 2.35. The first-order valence-electron chi connectivity index (χ1n) is 6.80. The first-order valence-corrected chi connectivity index (χ1v) is 6.80. The van der Waals surface area contributed by atoms with Crippen molar-refractivity contribution in [3.63, 3.8) is 0 Å². The maximum atomic E-state index is 2.39. The fourth-order valence-electron chi connectivity index (χ4n) is 3.16. The Morgan fingerprint density at radius 2 is 1.44 bits per heavy atom. The van der Waals surface area contributed by atoms with Crippen LogP contribution in [0.2, 0.25) is 0 Å². The van der Waals surface area contributed by atoms with Crippen LogP contribution in [0.4, 0.5) is 0 Å². The van der Waals surface area contributed by atoms with Gasteiger partial charge in [0, 0.05) is 0 Å². The van der Waals surface area contributed by atoms with Crippen molar-refractivity contribution in [2.75, 3.05) is 0 Å². The minimum Gasteiger partial charge on any atom is -0.0664 e. The van der Waals surface area contributed by atoms with Gasteiger partial charge in [-0.3, -0.25) is 0 Å². The second kappa shape index (κ2) is 3.98. The lowest BCUT2D eigenvalue weighted by molar-refractivity contribution is 0.552. The number of benzene rings is 2. The zero-order valence-corrected chi connectivity index (χ0v) is 11.6. The van der Waals surface area contributed by atoms with E-state index in [1.165, 1.54) is 27.5 Å². The number of hydrogen-bond acceptors (Lipinski definition) is 0. The van der Waals surface area contributed by atoms with Crippen molar-refractivity contribution in [1.82, 2.24) is 0 Å². The molecule has 2 aromatic carbocycles. The molecule has 2 aromatic rings. The molecule has 0 radical (unpaired) electrons. The van der Waals surface area contributed by atoms with E-state index in [4.69, 9.17) is 0 Å². The van der Waals surface area contributed by atoms with Gasteiger partial charge in [-0.05, 0) is 59.2 Å². The standard InChI is InChI=1S/C18H20/c1-11-12(2)14(4)18-10-16-8-6-5-7-15(16)9-17(18)13(11)3/h5-11,13H,1-4H3. The van der Waals surface area contributed by atoms with E-state index < -0.39 is 0 Å². The Morgan fingerprint density at radius 3 is 2.11 bits per heavy atom. The van der Waals surface area contributed by atoms with E-state index >= 15 is 0 Å². The molecule has 0 bridgehead atoms. The monoisotopic (exact) mass is 236 g/mol. The number of rotatable bonds is 0. The summed E-state index contributed by atoms with van der Waals surface area (Å²) in [7, 11) is 0. The molecular weight excluding hydrogens is 216 g/mol. The van der Waals surface area contributed by atoms with Crippen molar-refractivity contribution in [2.45, 2.75) is 33.6 Å². The summed E-state index contributed by atoms with van der Waals surface area (Å²) in [6.07, 6.45) is 0. The van der Waals surface area contributed by atoms with E-state index in [0.29, 0.717) is 11.8 Å². The molecule has 18 heavy (non-hydrogen) atoms. The fraction of sp³-hybridized carbons (Fsp3) is 0.333. The van der Waals surface area contributed by atoms with Crippen molar-refractivity contribution in [2.24, 2.45) is 5.92 Å². The molecule has 0 N–H and O–H groups in total. The van der Waals surface area contributed by atoms with Gasteiger partial charge in [-0.15, -0.1) is 0 Å². The lowest BCUT2D eigenvalue weighted by Gasteiger charge is -2.31. The lowest BCUT2D eigenvalue weighted by Crippen LogP contribution is -2.15. The molecular formula is C18H20. The molecule has 0 aromatic heterocycles. The van der Waals surface area contributed by atoms with Gasteiger partial charge in [0.15, 0.2) is 0 Å². The van der Waals surface area contributed by atoms with Crippen molar-refractivity contribution >= 4 is 16.3 Å². The minimum atomic E-state index is 0.619. The Hall–Kier alpha value is -1.56. The van der Waals surface area contributed by atoms with Crippen molar-refractivity contribution in [3.8, 4) is 0 Å². The van der Waals surface area contributed by atoms with Crippen LogP contribution >= 0.6 is 0 Å². The van der Waals surface area contributed by atoms with Crippen LogP contribution in [0.1, 0.15) is 44.7 Å². The number of hydrogen-bond donors (Lipinski definition) is 0. The van der Waals surface area contributed by atoms with Gasteiger partial charge >= 0.3 is 0 Å². The summed E-state index contributed by atoms with van der Waals surface area (Å²) in [5.74, 6) is 1.27. The Morgan fingerprint density at radius 1 is 0.833 bits per heavy atom. The topological polar surface area (TPSA) is 0 Å². The second-order valence-electron chi connectivity index (χ2n) is 5.67. The highest BCUT2D eigenvalue weighted by Gasteiger charge is 2.26. The highest BCUT2D eigenvalue weighted by molar-refractivity contribution is 5.89. The van der Waals surface area contributed by atoms with E-state index in [1.54, 1.807) is 5.57 Å². The maximum absolute atomic E-state index is 2.39. The van der Waals surface area contributed by atoms with Crippen molar-refractivity contribution in [3.05, 3.63) is 53.1 Å². The highest BCUT2D eigenvalue weighted by atomic mass is 14.3. The first-order chi connectivity index (χ1) is 8.59. The van der Waals surface area contributed by atoms with Crippen LogP contribution in [-0.4, -0.2) is 0 Å². The highest BCUT2D eigenvalue weighted by Crippen LogP contribution is 2.43. The molecule has 0 spiro atoms. The Kier molecular flexibility index (Phi) is 2.55. The van der Waals surface area contributed by atoms with E-state index in [0.717, 1.165) is 0 Å². The van der Waals surface area contributed by atoms with Gasteiger partial charge in [-0.1, -0.05) is 49.8 Å². The summed E-state index contributed by atoms with van der Waals surface area (Å²) in [6.45, 7) is 9.26. The van der Waals surface area contributed by atoms with Crippen molar-refractivity contribution in [1.29, 1.82) is 0 Å². The molecule has 2 unspecified atom stereocenters. The maximum Gasteiger partial charge on any atom is -0.0121 e. The smallest absolute Gasteiger partial charge is 0.0121 e. The Labute approximate surface area is 109 Å². The average molecular weight is 236 g/mol. The molecule has 1 aliphatic rings. The van der Waals surface area contributed by atoms with Crippen LogP contribution in [-0.2, 0) is 0 Å². The van der Waals surface area contributed by atoms with Crippen LogP contribution in [0.25, 0.3) is 16.3 Å². The summed E-state index contributed by atoms with van der Waals surface area (Å²) >= 11 is 0. The third-order valence-corrected chi connectivity index (χ3v) is 4.84. The molecule has 2 atom stereocenters. The van der Waals surface area contributed by atoms with Crippen LogP contribution < -0.4 is 0 Å². The largest absolute Gasteiger partial charge is 0.0664 e. The second-order valence-corrected chi connectivity index (χ2v) is 5.67. The predicted molar refractivity (Wildman–Crippen MR) is 79.8 cm³/mol. The van der Waals surface area contributed by atoms with E-state index in [1.807, 2.05) is 0 Å². The van der Waals surface area contributed by atoms with E-state index in [-0.39, 0.29) is 0 Å². The van der Waals surface area contributed by atoms with Gasteiger partial charge in [-0.25, -0.2) is 0 Å². The quantitative estimate of drug-likeness (QED) is 0.575. The molecule has 1 aliphatic carbocycles. The molecule has 0 amide bonds. The summed E-state index contributed by atoms with van der Waals surface area (Å²) in [4.78, 5) is 0. The zero-order chi connectivity index (χ0) is 12.9. The predicted octanol–water partition coefficient (Wildman–Crippen LogP) is 5.39. The normalized spacial score (nSPS) is 23.3. The van der Waals surface area contributed by atoms with Gasteiger partial charge in [0.25, 0.3) is 0 Å². The first kappa shape index (κ1) is 11.5. The van der Waals surface area contributed by atoms with E-state index in [2.05, 4.69) is 64.1 Å². The third kappa shape index (κ3) is 1.52. The van der Waals surface area contributed by atoms with E-state index in [9.17, 15) is 0 Å². The van der Waals surface area contributed by atoms with Gasteiger partial charge in [0.05, 0.1) is 0 Å². The summed E-state index contributed by atoms with van der Waals surface area (Å²) in [5, 5.41) is 2.72. The summed E-state index contributed by atoms with van der Waals surface area (Å²) in [6, 6.07) is 13.4. The molecule has 0 saturated heterocycles. The lowest BCUT2D eigenvalue weighted by atomic mass is 9.73. The molecule has 0 heteroatoms. The fourth-order valence-corrected chi connectivity index (χ4v) is 3.16. The summed E-state index contributed by atoms with van der Waals surface area (Å²) < 4.78 is 0.